The molecule has 7 nitrogen and oxygen atoms in total. The lowest BCUT2D eigenvalue weighted by molar-refractivity contribution is -0.139. The highest BCUT2D eigenvalue weighted by Crippen LogP contribution is 2.47. The number of ether oxygens (including phenoxy) is 2. The minimum Gasteiger partial charge on any atom is -0.507 e. The largest absolute Gasteiger partial charge is 0.507 e. The first-order chi connectivity index (χ1) is 17.0. The van der Waals surface area contributed by atoms with Crippen LogP contribution < -0.4 is 9.47 Å². The van der Waals surface area contributed by atoms with Gasteiger partial charge in [-0.2, -0.15) is 0 Å². The number of amides is 1. The highest BCUT2D eigenvalue weighted by Gasteiger charge is 2.46. The van der Waals surface area contributed by atoms with Crippen molar-refractivity contribution in [1.82, 2.24) is 9.80 Å². The fourth-order valence-electron chi connectivity index (χ4n) is 4.37. The second-order valence-corrected chi connectivity index (χ2v) is 10.0. The molecule has 2 aromatic carbocycles. The number of carbonyl (C=O) groups is 2. The standard InChI is InChI=1S/C27H32Cl2N2O5/c1-15(2)16-8-10-17(11-9-16)22-20(24(33)27(34)31(22)13-7-12-30(3)4)23(32)18-14-19(28)26(36-6)21(29)25(18)35-5/h8-11,14-15,22,32H,7,12-13H2,1-6H3/b23-20+. The molecule has 1 aliphatic rings. The van der Waals surface area contributed by atoms with Crippen molar-refractivity contribution in [3.05, 3.63) is 62.6 Å². The lowest BCUT2D eigenvalue weighted by Crippen LogP contribution is -2.32. The van der Waals surface area contributed by atoms with Gasteiger partial charge in [-0.15, -0.1) is 0 Å². The minimum absolute atomic E-state index is 0.0437. The van der Waals surface area contributed by atoms with Crippen LogP contribution in [-0.2, 0) is 9.59 Å². The fourth-order valence-corrected chi connectivity index (χ4v) is 5.06. The van der Waals surface area contributed by atoms with Gasteiger partial charge in [0.2, 0.25) is 0 Å². The molecular formula is C27H32Cl2N2O5. The maximum absolute atomic E-state index is 13.3. The maximum atomic E-state index is 13.3. The van der Waals surface area contributed by atoms with Gasteiger partial charge in [0.15, 0.2) is 11.5 Å². The minimum atomic E-state index is -0.780. The number of benzene rings is 2. The number of Topliss-reactive ketones (excluding diaryl/α,β-unsaturated/α-hetero) is 1. The van der Waals surface area contributed by atoms with Crippen LogP contribution in [0.15, 0.2) is 35.9 Å². The van der Waals surface area contributed by atoms with Crippen LogP contribution in [0.4, 0.5) is 0 Å². The van der Waals surface area contributed by atoms with Gasteiger partial charge >= 0.3 is 0 Å². The van der Waals surface area contributed by atoms with Gasteiger partial charge in [0, 0.05) is 6.54 Å². The van der Waals surface area contributed by atoms with E-state index in [1.807, 2.05) is 43.3 Å². The highest BCUT2D eigenvalue weighted by atomic mass is 35.5. The summed E-state index contributed by atoms with van der Waals surface area (Å²) in [7, 11) is 6.68. The first-order valence-corrected chi connectivity index (χ1v) is 12.4. The summed E-state index contributed by atoms with van der Waals surface area (Å²) in [4.78, 5) is 30.0. The van der Waals surface area contributed by atoms with E-state index in [0.717, 1.165) is 17.7 Å². The number of hydrogen-bond acceptors (Lipinski definition) is 6. The topological polar surface area (TPSA) is 79.3 Å². The van der Waals surface area contributed by atoms with E-state index in [4.69, 9.17) is 32.7 Å². The molecule has 194 valence electrons. The quantitative estimate of drug-likeness (QED) is 0.259. The zero-order chi connectivity index (χ0) is 26.7. The Labute approximate surface area is 222 Å². The number of nitrogens with zero attached hydrogens (tertiary/aromatic N) is 2. The zero-order valence-electron chi connectivity index (χ0n) is 21.4. The van der Waals surface area contributed by atoms with Crippen LogP contribution in [-0.4, -0.2) is 68.0 Å². The molecule has 1 saturated heterocycles. The number of hydrogen-bond donors (Lipinski definition) is 1. The number of halogens is 2. The number of likely N-dealkylation sites (tertiary alicyclic amines) is 1. The summed E-state index contributed by atoms with van der Waals surface area (Å²) in [6.45, 7) is 5.26. The Balaban J connectivity index is 2.22. The third-order valence-electron chi connectivity index (χ3n) is 6.26. The van der Waals surface area contributed by atoms with E-state index in [9.17, 15) is 14.7 Å². The Morgan fingerprint density at radius 3 is 2.22 bits per heavy atom. The molecule has 1 fully saturated rings. The van der Waals surface area contributed by atoms with Gasteiger partial charge < -0.3 is 24.4 Å². The number of ketones is 1. The number of carbonyl (C=O) groups excluding carboxylic acids is 2. The zero-order valence-corrected chi connectivity index (χ0v) is 22.9. The summed E-state index contributed by atoms with van der Waals surface area (Å²) in [5.41, 5.74) is 1.90. The molecule has 9 heteroatoms. The fraction of sp³-hybridized carbons (Fsp3) is 0.407. The van der Waals surface area contributed by atoms with Crippen molar-refractivity contribution in [2.75, 3.05) is 41.4 Å². The van der Waals surface area contributed by atoms with Crippen LogP contribution in [0, 0.1) is 0 Å². The molecule has 3 rings (SSSR count). The van der Waals surface area contributed by atoms with Gasteiger partial charge in [-0.05, 0) is 50.2 Å². The molecule has 1 N–H and O–H groups in total. The summed E-state index contributed by atoms with van der Waals surface area (Å²) in [5, 5.41) is 11.6. The van der Waals surface area contributed by atoms with Crippen molar-refractivity contribution in [3.63, 3.8) is 0 Å². The average molecular weight is 535 g/mol. The molecule has 0 aliphatic carbocycles. The Bertz CT molecular complexity index is 1180. The lowest BCUT2D eigenvalue weighted by atomic mass is 9.93. The number of methoxy groups -OCH3 is 2. The summed E-state index contributed by atoms with van der Waals surface area (Å²) in [6, 6.07) is 8.37. The van der Waals surface area contributed by atoms with Crippen molar-refractivity contribution in [1.29, 1.82) is 0 Å². The van der Waals surface area contributed by atoms with E-state index in [1.165, 1.54) is 25.2 Å². The summed E-state index contributed by atoms with van der Waals surface area (Å²) < 4.78 is 10.7. The van der Waals surface area contributed by atoms with Crippen molar-refractivity contribution in [2.24, 2.45) is 0 Å². The molecule has 0 bridgehead atoms. The third-order valence-corrected chi connectivity index (χ3v) is 6.88. The third kappa shape index (κ3) is 5.33. The first kappa shape index (κ1) is 27.8. The predicted molar refractivity (Wildman–Crippen MR) is 142 cm³/mol. The van der Waals surface area contributed by atoms with Gasteiger partial charge in [0.1, 0.15) is 10.8 Å². The van der Waals surface area contributed by atoms with Crippen LogP contribution in [0.5, 0.6) is 11.5 Å². The Morgan fingerprint density at radius 2 is 1.69 bits per heavy atom. The molecule has 0 aromatic heterocycles. The number of rotatable bonds is 9. The molecule has 0 saturated carbocycles. The Morgan fingerprint density at radius 1 is 1.08 bits per heavy atom. The van der Waals surface area contributed by atoms with Crippen LogP contribution in [0.3, 0.4) is 0 Å². The second-order valence-electron chi connectivity index (χ2n) is 9.26. The molecule has 1 atom stereocenters. The van der Waals surface area contributed by atoms with Crippen molar-refractivity contribution in [2.45, 2.75) is 32.2 Å². The molecule has 1 amide bonds. The molecule has 0 radical (unpaired) electrons. The van der Waals surface area contributed by atoms with Gasteiger partial charge in [-0.1, -0.05) is 61.3 Å². The normalized spacial score (nSPS) is 17.4. The maximum Gasteiger partial charge on any atom is 0.295 e. The predicted octanol–water partition coefficient (Wildman–Crippen LogP) is 5.51. The monoisotopic (exact) mass is 534 g/mol. The summed E-state index contributed by atoms with van der Waals surface area (Å²) >= 11 is 12.8. The summed E-state index contributed by atoms with van der Waals surface area (Å²) in [5.74, 6) is -1.28. The van der Waals surface area contributed by atoms with E-state index in [2.05, 4.69) is 13.8 Å². The van der Waals surface area contributed by atoms with Crippen molar-refractivity contribution < 1.29 is 24.2 Å². The van der Waals surface area contributed by atoms with E-state index in [1.54, 1.807) is 0 Å². The second kappa shape index (κ2) is 11.5. The molecule has 1 aliphatic heterocycles. The summed E-state index contributed by atoms with van der Waals surface area (Å²) in [6.07, 6.45) is 0.657. The van der Waals surface area contributed by atoms with Gasteiger partial charge in [-0.25, -0.2) is 0 Å². The van der Waals surface area contributed by atoms with Crippen LogP contribution in [0.2, 0.25) is 10.0 Å². The number of aliphatic hydroxyl groups is 1. The molecular weight excluding hydrogens is 503 g/mol. The first-order valence-electron chi connectivity index (χ1n) is 11.7. The lowest BCUT2D eigenvalue weighted by Gasteiger charge is -2.26. The molecule has 2 aromatic rings. The molecule has 1 unspecified atom stereocenters. The van der Waals surface area contributed by atoms with Crippen LogP contribution in [0.25, 0.3) is 5.76 Å². The highest BCUT2D eigenvalue weighted by molar-refractivity contribution is 6.47. The number of aliphatic hydroxyl groups excluding tert-OH is 1. The van der Waals surface area contributed by atoms with Crippen LogP contribution in [0.1, 0.15) is 48.9 Å². The molecule has 1 heterocycles. The SMILES string of the molecule is COc1c(Cl)cc(/C(O)=C2\C(=O)C(=O)N(CCCN(C)C)C2c2ccc(C(C)C)cc2)c(OC)c1Cl. The van der Waals surface area contributed by atoms with Crippen molar-refractivity contribution in [3.8, 4) is 11.5 Å². The molecule has 0 spiro atoms. The van der Waals surface area contributed by atoms with Crippen molar-refractivity contribution >= 4 is 40.7 Å². The van der Waals surface area contributed by atoms with E-state index >= 15 is 0 Å². The van der Waals surface area contributed by atoms with E-state index in [0.29, 0.717) is 18.9 Å². The Kier molecular flexibility index (Phi) is 8.93. The molecule has 36 heavy (non-hydrogen) atoms. The Hall–Kier alpha value is -2.74. The van der Waals surface area contributed by atoms with Gasteiger partial charge in [-0.3, -0.25) is 9.59 Å². The smallest absolute Gasteiger partial charge is 0.295 e. The average Bonchev–Trinajstić information content (AvgIpc) is 3.08. The van der Waals surface area contributed by atoms with Gasteiger partial charge in [0.05, 0.1) is 36.4 Å². The van der Waals surface area contributed by atoms with Crippen LogP contribution >= 0.6 is 23.2 Å². The van der Waals surface area contributed by atoms with E-state index < -0.39 is 23.5 Å². The van der Waals surface area contributed by atoms with Gasteiger partial charge in [0.25, 0.3) is 11.7 Å². The van der Waals surface area contributed by atoms with E-state index in [-0.39, 0.29) is 32.7 Å².